The number of aromatic nitrogens is 3. The molecule has 0 saturated heterocycles. The van der Waals surface area contributed by atoms with Gasteiger partial charge in [-0.05, 0) is 37.5 Å². The number of thiophene rings is 1. The molecule has 0 aromatic carbocycles. The first-order chi connectivity index (χ1) is 9.08. The van der Waals surface area contributed by atoms with Crippen molar-refractivity contribution in [2.75, 3.05) is 0 Å². The van der Waals surface area contributed by atoms with Crippen molar-refractivity contribution in [3.05, 3.63) is 43.6 Å². The lowest BCUT2D eigenvalue weighted by Crippen LogP contribution is -2.22. The monoisotopic (exact) mass is 293 g/mol. The maximum atomic E-state index is 12.4. The second kappa shape index (κ2) is 4.43. The fraction of sp³-hybridized carbons (Fsp3) is 0.250. The van der Waals surface area contributed by atoms with Crippen molar-refractivity contribution >= 4 is 33.8 Å². The van der Waals surface area contributed by atoms with Crippen LogP contribution in [-0.4, -0.2) is 14.7 Å². The molecule has 0 aliphatic heterocycles. The van der Waals surface area contributed by atoms with E-state index in [0.29, 0.717) is 22.5 Å². The van der Waals surface area contributed by atoms with Gasteiger partial charge < -0.3 is 9.51 Å². The fourth-order valence-corrected chi connectivity index (χ4v) is 3.10. The summed E-state index contributed by atoms with van der Waals surface area (Å²) >= 11 is 6.73. The van der Waals surface area contributed by atoms with Crippen LogP contribution in [0.1, 0.15) is 17.0 Å². The predicted octanol–water partition coefficient (Wildman–Crippen LogP) is 2.77. The molecule has 0 atom stereocenters. The van der Waals surface area contributed by atoms with Gasteiger partial charge in [0.25, 0.3) is 5.56 Å². The van der Waals surface area contributed by atoms with E-state index >= 15 is 0 Å². The Bertz CT molecular complexity index is 850. The summed E-state index contributed by atoms with van der Waals surface area (Å²) in [6.45, 7) is 4.06. The van der Waals surface area contributed by atoms with Crippen LogP contribution < -0.4 is 5.56 Å². The third-order valence-corrected chi connectivity index (χ3v) is 4.26. The molecule has 19 heavy (non-hydrogen) atoms. The summed E-state index contributed by atoms with van der Waals surface area (Å²) in [6, 6.07) is 1.80. The molecule has 5 nitrogen and oxygen atoms in total. The van der Waals surface area contributed by atoms with E-state index in [4.69, 9.17) is 16.7 Å². The standard InChI is InChI=1S/C12H11N3O2S2/c1-6-9(7(2)17-14-6)5-15-11(16)8-3-4-19-10(8)13-12(15)18/h3-4H,5H2,1-2H3,(H,13,18). The number of hydrogen-bond acceptors (Lipinski definition) is 5. The topological polar surface area (TPSA) is 63.8 Å². The summed E-state index contributed by atoms with van der Waals surface area (Å²) in [5.74, 6) is 0.712. The second-order valence-corrected chi connectivity index (χ2v) is 5.59. The molecular formula is C12H11N3O2S2. The van der Waals surface area contributed by atoms with E-state index in [1.807, 2.05) is 19.2 Å². The Morgan fingerprint density at radius 1 is 1.53 bits per heavy atom. The number of nitrogens with one attached hydrogen (secondary N) is 1. The van der Waals surface area contributed by atoms with Crippen LogP contribution in [0, 0.1) is 18.6 Å². The number of aromatic amines is 1. The number of nitrogens with zero attached hydrogens (tertiary/aromatic N) is 2. The number of rotatable bonds is 2. The van der Waals surface area contributed by atoms with E-state index in [9.17, 15) is 4.79 Å². The summed E-state index contributed by atoms with van der Waals surface area (Å²) in [4.78, 5) is 16.3. The minimum atomic E-state index is -0.0833. The van der Waals surface area contributed by atoms with Crippen molar-refractivity contribution in [2.45, 2.75) is 20.4 Å². The van der Waals surface area contributed by atoms with Gasteiger partial charge in [-0.2, -0.15) is 0 Å². The van der Waals surface area contributed by atoms with Gasteiger partial charge in [0.05, 0.1) is 17.6 Å². The molecule has 0 fully saturated rings. The second-order valence-electron chi connectivity index (χ2n) is 4.29. The third-order valence-electron chi connectivity index (χ3n) is 3.10. The Labute approximate surface area is 117 Å². The first-order valence-electron chi connectivity index (χ1n) is 5.70. The SMILES string of the molecule is Cc1noc(C)c1Cn1c(=S)[nH]c2sccc2c1=O. The van der Waals surface area contributed by atoms with Crippen LogP contribution in [0.5, 0.6) is 0 Å². The molecule has 3 rings (SSSR count). The normalized spacial score (nSPS) is 11.3. The van der Waals surface area contributed by atoms with Crippen LogP contribution in [0.25, 0.3) is 10.2 Å². The maximum absolute atomic E-state index is 12.4. The summed E-state index contributed by atoms with van der Waals surface area (Å²) in [7, 11) is 0. The van der Waals surface area contributed by atoms with E-state index in [1.54, 1.807) is 6.07 Å². The van der Waals surface area contributed by atoms with Crippen LogP contribution in [0.15, 0.2) is 20.8 Å². The zero-order valence-corrected chi connectivity index (χ0v) is 12.0. The number of fused-ring (bicyclic) bond motifs is 1. The zero-order valence-electron chi connectivity index (χ0n) is 10.4. The van der Waals surface area contributed by atoms with Gasteiger partial charge in [0.2, 0.25) is 0 Å². The highest BCUT2D eigenvalue weighted by atomic mass is 32.1. The molecule has 3 aromatic rings. The molecule has 0 aliphatic carbocycles. The third kappa shape index (κ3) is 1.95. The average Bonchev–Trinajstić information content (AvgIpc) is 2.94. The molecule has 0 bridgehead atoms. The highest BCUT2D eigenvalue weighted by Crippen LogP contribution is 2.16. The smallest absolute Gasteiger partial charge is 0.263 e. The Morgan fingerprint density at radius 3 is 3.00 bits per heavy atom. The van der Waals surface area contributed by atoms with E-state index in [1.165, 1.54) is 15.9 Å². The summed E-state index contributed by atoms with van der Waals surface area (Å²) in [5.41, 5.74) is 1.60. The van der Waals surface area contributed by atoms with Gasteiger partial charge >= 0.3 is 0 Å². The molecule has 3 heterocycles. The first-order valence-corrected chi connectivity index (χ1v) is 6.99. The van der Waals surface area contributed by atoms with Crippen LogP contribution in [0.3, 0.4) is 0 Å². The Kier molecular flexibility index (Phi) is 2.87. The number of aryl methyl sites for hydroxylation is 2. The fourth-order valence-electron chi connectivity index (χ4n) is 2.01. The van der Waals surface area contributed by atoms with Gasteiger partial charge in [0.15, 0.2) is 4.77 Å². The lowest BCUT2D eigenvalue weighted by molar-refractivity contribution is 0.392. The number of H-pyrrole nitrogens is 1. The van der Waals surface area contributed by atoms with Crippen molar-refractivity contribution < 1.29 is 4.52 Å². The van der Waals surface area contributed by atoms with Gasteiger partial charge in [-0.25, -0.2) is 0 Å². The van der Waals surface area contributed by atoms with Crippen LogP contribution in [0.2, 0.25) is 0 Å². The van der Waals surface area contributed by atoms with Gasteiger partial charge in [0, 0.05) is 5.56 Å². The molecule has 0 amide bonds. The molecule has 98 valence electrons. The van der Waals surface area contributed by atoms with Gasteiger partial charge in [0.1, 0.15) is 10.6 Å². The molecule has 0 unspecified atom stereocenters. The van der Waals surface area contributed by atoms with Crippen molar-refractivity contribution in [1.82, 2.24) is 14.7 Å². The largest absolute Gasteiger partial charge is 0.361 e. The summed E-state index contributed by atoms with van der Waals surface area (Å²) in [5, 5.41) is 6.42. The highest BCUT2D eigenvalue weighted by molar-refractivity contribution is 7.71. The zero-order chi connectivity index (χ0) is 13.6. The summed E-state index contributed by atoms with van der Waals surface area (Å²) < 4.78 is 7.07. The van der Waals surface area contributed by atoms with Gasteiger partial charge in [-0.1, -0.05) is 5.16 Å². The molecule has 0 saturated carbocycles. The molecule has 7 heteroatoms. The van der Waals surface area contributed by atoms with Crippen LogP contribution >= 0.6 is 23.6 Å². The molecule has 0 aliphatic rings. The molecular weight excluding hydrogens is 282 g/mol. The van der Waals surface area contributed by atoms with Crippen molar-refractivity contribution in [3.8, 4) is 0 Å². The minimum absolute atomic E-state index is 0.0833. The average molecular weight is 293 g/mol. The number of hydrogen-bond donors (Lipinski definition) is 1. The Morgan fingerprint density at radius 2 is 2.32 bits per heavy atom. The quantitative estimate of drug-likeness (QED) is 0.738. The highest BCUT2D eigenvalue weighted by Gasteiger charge is 2.13. The van der Waals surface area contributed by atoms with Gasteiger partial charge in [-0.15, -0.1) is 11.3 Å². The lowest BCUT2D eigenvalue weighted by Gasteiger charge is -2.05. The molecule has 0 radical (unpaired) electrons. The van der Waals surface area contributed by atoms with E-state index in [2.05, 4.69) is 10.1 Å². The van der Waals surface area contributed by atoms with Crippen molar-refractivity contribution in [2.24, 2.45) is 0 Å². The Hall–Kier alpha value is -1.73. The maximum Gasteiger partial charge on any atom is 0.263 e. The predicted molar refractivity (Wildman–Crippen MR) is 76.3 cm³/mol. The Balaban J connectivity index is 2.21. The van der Waals surface area contributed by atoms with E-state index < -0.39 is 0 Å². The first kappa shape index (κ1) is 12.3. The lowest BCUT2D eigenvalue weighted by atomic mass is 10.2. The van der Waals surface area contributed by atoms with Crippen molar-refractivity contribution in [1.29, 1.82) is 0 Å². The van der Waals surface area contributed by atoms with E-state index in [0.717, 1.165) is 16.1 Å². The molecule has 1 N–H and O–H groups in total. The molecule has 0 spiro atoms. The van der Waals surface area contributed by atoms with E-state index in [-0.39, 0.29) is 5.56 Å². The van der Waals surface area contributed by atoms with Gasteiger partial charge in [-0.3, -0.25) is 9.36 Å². The molecule has 3 aromatic heterocycles. The van der Waals surface area contributed by atoms with Crippen LogP contribution in [0.4, 0.5) is 0 Å². The summed E-state index contributed by atoms with van der Waals surface area (Å²) in [6.07, 6.45) is 0. The van der Waals surface area contributed by atoms with Crippen LogP contribution in [-0.2, 0) is 6.54 Å². The minimum Gasteiger partial charge on any atom is -0.361 e. The van der Waals surface area contributed by atoms with Crippen molar-refractivity contribution in [3.63, 3.8) is 0 Å².